The van der Waals surface area contributed by atoms with Crippen molar-refractivity contribution >= 4 is 23.3 Å². The van der Waals surface area contributed by atoms with Gasteiger partial charge >= 0.3 is 5.97 Å². The van der Waals surface area contributed by atoms with E-state index in [0.717, 1.165) is 23.9 Å². The minimum Gasteiger partial charge on any atom is -0.492 e. The van der Waals surface area contributed by atoms with Crippen molar-refractivity contribution in [3.05, 3.63) is 66.4 Å². The molecule has 126 valence electrons. The van der Waals surface area contributed by atoms with E-state index in [1.807, 2.05) is 24.4 Å². The molecule has 6 heteroatoms. The van der Waals surface area contributed by atoms with Crippen LogP contribution in [0.5, 0.6) is 5.75 Å². The molecule has 0 aliphatic carbocycles. The molecule has 2 aliphatic heterocycles. The first-order valence-electron chi connectivity index (χ1n) is 8.07. The summed E-state index contributed by atoms with van der Waals surface area (Å²) in [6, 6.07) is 14.7. The van der Waals surface area contributed by atoms with Crippen LogP contribution in [0.15, 0.2) is 65.8 Å². The fourth-order valence-electron chi connectivity index (χ4n) is 3.04. The largest absolute Gasteiger partial charge is 0.492 e. The van der Waals surface area contributed by atoms with Crippen LogP contribution < -0.4 is 14.5 Å². The van der Waals surface area contributed by atoms with Crippen LogP contribution in [-0.4, -0.2) is 36.7 Å². The van der Waals surface area contributed by atoms with Crippen molar-refractivity contribution in [2.24, 2.45) is 4.99 Å². The van der Waals surface area contributed by atoms with E-state index >= 15 is 0 Å². The minimum atomic E-state index is -0.941. The number of benzene rings is 2. The maximum absolute atomic E-state index is 10.9. The number of nitrogens with zero attached hydrogens (tertiary/aromatic N) is 3. The summed E-state index contributed by atoms with van der Waals surface area (Å²) in [6.45, 7) is 1.93. The summed E-state index contributed by atoms with van der Waals surface area (Å²) in [7, 11) is 0. The predicted molar refractivity (Wildman–Crippen MR) is 96.6 cm³/mol. The first-order chi connectivity index (χ1) is 12.2. The Bertz CT molecular complexity index is 858. The molecule has 0 saturated heterocycles. The highest BCUT2D eigenvalue weighted by atomic mass is 16.5. The summed E-state index contributed by atoms with van der Waals surface area (Å²) < 4.78 is 5.77. The number of hydrogen-bond donors (Lipinski definition) is 1. The molecule has 2 aromatic carbocycles. The average Bonchev–Trinajstić information content (AvgIpc) is 2.97. The first kappa shape index (κ1) is 15.3. The zero-order chi connectivity index (χ0) is 17.2. The molecule has 0 unspecified atom stereocenters. The number of anilines is 2. The Morgan fingerprint density at radius 1 is 1.12 bits per heavy atom. The van der Waals surface area contributed by atoms with Crippen LogP contribution in [0.4, 0.5) is 11.4 Å². The second kappa shape index (κ2) is 6.32. The van der Waals surface area contributed by atoms with Crippen molar-refractivity contribution in [1.82, 2.24) is 0 Å². The van der Waals surface area contributed by atoms with E-state index in [0.29, 0.717) is 18.9 Å². The zero-order valence-electron chi connectivity index (χ0n) is 13.5. The maximum atomic E-state index is 10.9. The van der Waals surface area contributed by atoms with Crippen LogP contribution in [0.2, 0.25) is 0 Å². The van der Waals surface area contributed by atoms with Gasteiger partial charge in [0.1, 0.15) is 12.4 Å². The van der Waals surface area contributed by atoms with Gasteiger partial charge in [-0.3, -0.25) is 0 Å². The molecular formula is C19H17N3O3. The predicted octanol–water partition coefficient (Wildman–Crippen LogP) is 2.97. The van der Waals surface area contributed by atoms with Gasteiger partial charge in [0.25, 0.3) is 0 Å². The van der Waals surface area contributed by atoms with Crippen molar-refractivity contribution in [3.63, 3.8) is 0 Å². The molecule has 0 atom stereocenters. The molecule has 2 aromatic rings. The van der Waals surface area contributed by atoms with Crippen molar-refractivity contribution in [2.45, 2.75) is 0 Å². The Balaban J connectivity index is 1.46. The molecule has 4 rings (SSSR count). The lowest BCUT2D eigenvalue weighted by molar-refractivity contribution is 0.0697. The number of rotatable bonds is 5. The van der Waals surface area contributed by atoms with Gasteiger partial charge in [-0.1, -0.05) is 12.1 Å². The Labute approximate surface area is 145 Å². The topological polar surface area (TPSA) is 65.4 Å². The number of para-hydroxylation sites is 2. The first-order valence-corrected chi connectivity index (χ1v) is 8.07. The third-order valence-electron chi connectivity index (χ3n) is 4.21. The van der Waals surface area contributed by atoms with Gasteiger partial charge in [0.2, 0.25) is 5.96 Å². The van der Waals surface area contributed by atoms with Gasteiger partial charge < -0.3 is 19.6 Å². The van der Waals surface area contributed by atoms with E-state index in [4.69, 9.17) is 9.84 Å². The molecular weight excluding hydrogens is 318 g/mol. The van der Waals surface area contributed by atoms with Crippen LogP contribution in [-0.2, 0) is 0 Å². The lowest BCUT2D eigenvalue weighted by Gasteiger charge is -2.24. The Hall–Kier alpha value is -3.28. The number of aromatic carboxylic acids is 1. The fourth-order valence-corrected chi connectivity index (χ4v) is 3.04. The van der Waals surface area contributed by atoms with E-state index in [-0.39, 0.29) is 5.56 Å². The van der Waals surface area contributed by atoms with Gasteiger partial charge in [-0.15, -0.1) is 0 Å². The van der Waals surface area contributed by atoms with E-state index in [1.54, 1.807) is 24.3 Å². The average molecular weight is 335 g/mol. The molecule has 25 heavy (non-hydrogen) atoms. The maximum Gasteiger partial charge on any atom is 0.335 e. The van der Waals surface area contributed by atoms with Crippen LogP contribution >= 0.6 is 0 Å². The molecule has 6 nitrogen and oxygen atoms in total. The van der Waals surface area contributed by atoms with E-state index < -0.39 is 5.97 Å². The normalized spacial score (nSPS) is 14.8. The monoisotopic (exact) mass is 335 g/mol. The number of carboxylic acid groups (broad SMARTS) is 1. The Morgan fingerprint density at radius 2 is 1.88 bits per heavy atom. The summed E-state index contributed by atoms with van der Waals surface area (Å²) >= 11 is 0. The quantitative estimate of drug-likeness (QED) is 0.910. The van der Waals surface area contributed by atoms with Gasteiger partial charge in [-0.2, -0.15) is 0 Å². The number of hydrogen-bond acceptors (Lipinski definition) is 5. The summed E-state index contributed by atoms with van der Waals surface area (Å²) in [6.07, 6.45) is 3.86. The third kappa shape index (κ3) is 2.82. The number of aliphatic imine (C=N–C) groups is 1. The molecule has 0 saturated carbocycles. The number of guanidine groups is 1. The summed E-state index contributed by atoms with van der Waals surface area (Å²) in [5.74, 6) is 0.622. The highest BCUT2D eigenvalue weighted by Gasteiger charge is 2.32. The molecule has 0 fully saturated rings. The minimum absolute atomic E-state index is 0.250. The smallest absolute Gasteiger partial charge is 0.335 e. The molecule has 2 heterocycles. The number of carbonyl (C=O) groups is 1. The zero-order valence-corrected chi connectivity index (χ0v) is 13.5. The molecule has 0 spiro atoms. The van der Waals surface area contributed by atoms with Crippen molar-refractivity contribution in [3.8, 4) is 5.75 Å². The number of fused-ring (bicyclic) bond motifs is 3. The van der Waals surface area contributed by atoms with Crippen LogP contribution in [0.1, 0.15) is 10.4 Å². The standard InChI is InChI=1S/C19H17N3O3/c23-18(24)14-6-8-15(9-7-14)25-13-12-22-17-5-2-1-4-16(17)21-11-3-10-20-19(21)22/h1-10H,11-13H2,(H,23,24). The van der Waals surface area contributed by atoms with Crippen molar-refractivity contribution in [1.29, 1.82) is 0 Å². The van der Waals surface area contributed by atoms with Crippen molar-refractivity contribution in [2.75, 3.05) is 29.5 Å². The second-order valence-electron chi connectivity index (χ2n) is 5.74. The third-order valence-corrected chi connectivity index (χ3v) is 4.21. The van der Waals surface area contributed by atoms with Gasteiger partial charge in [0.05, 0.1) is 23.5 Å². The highest BCUT2D eigenvalue weighted by Crippen LogP contribution is 2.37. The highest BCUT2D eigenvalue weighted by molar-refractivity contribution is 6.16. The summed E-state index contributed by atoms with van der Waals surface area (Å²) in [4.78, 5) is 19.7. The van der Waals surface area contributed by atoms with Crippen LogP contribution in [0.25, 0.3) is 0 Å². The van der Waals surface area contributed by atoms with E-state index in [9.17, 15) is 4.79 Å². The fraction of sp³-hybridized carbons (Fsp3) is 0.158. The van der Waals surface area contributed by atoms with Gasteiger partial charge in [-0.05, 0) is 42.5 Å². The number of ether oxygens (including phenoxy) is 1. The summed E-state index contributed by atoms with van der Waals surface area (Å²) in [5.41, 5.74) is 2.52. The summed E-state index contributed by atoms with van der Waals surface area (Å²) in [5, 5.41) is 8.93. The van der Waals surface area contributed by atoms with E-state index in [2.05, 4.69) is 26.9 Å². The van der Waals surface area contributed by atoms with E-state index in [1.165, 1.54) is 0 Å². The lowest BCUT2D eigenvalue weighted by Crippen LogP contribution is -2.41. The van der Waals surface area contributed by atoms with Crippen LogP contribution in [0, 0.1) is 0 Å². The molecule has 0 radical (unpaired) electrons. The lowest BCUT2D eigenvalue weighted by atomic mass is 10.2. The molecule has 0 aromatic heterocycles. The van der Waals surface area contributed by atoms with Gasteiger partial charge in [0.15, 0.2) is 0 Å². The molecule has 0 amide bonds. The second-order valence-corrected chi connectivity index (χ2v) is 5.74. The number of carboxylic acids is 1. The Kier molecular flexibility index (Phi) is 3.85. The molecule has 1 N–H and O–H groups in total. The SMILES string of the molecule is O=C(O)c1ccc(OCCN2C3=NC=CCN3c3ccccc32)cc1. The Morgan fingerprint density at radius 3 is 2.64 bits per heavy atom. The van der Waals surface area contributed by atoms with Crippen LogP contribution in [0.3, 0.4) is 0 Å². The van der Waals surface area contributed by atoms with Gasteiger partial charge in [0, 0.05) is 12.7 Å². The van der Waals surface area contributed by atoms with Gasteiger partial charge in [-0.25, -0.2) is 9.79 Å². The van der Waals surface area contributed by atoms with Crippen molar-refractivity contribution < 1.29 is 14.6 Å². The molecule has 0 bridgehead atoms. The molecule has 2 aliphatic rings.